The molecule has 0 radical (unpaired) electrons. The van der Waals surface area contributed by atoms with Crippen LogP contribution in [0.25, 0.3) is 0 Å². The van der Waals surface area contributed by atoms with E-state index in [0.29, 0.717) is 0 Å². The highest BCUT2D eigenvalue weighted by atomic mass is 16.5. The molecule has 0 spiro atoms. The maximum absolute atomic E-state index is 11.0. The first kappa shape index (κ1) is 23.7. The van der Waals surface area contributed by atoms with Gasteiger partial charge in [0.1, 0.15) is 0 Å². The van der Waals surface area contributed by atoms with E-state index in [0.717, 1.165) is 36.3 Å². The average molecular weight is 460 g/mol. The zero-order valence-corrected chi connectivity index (χ0v) is 19.9. The maximum Gasteiger partial charge on any atom is 0.405 e. The van der Waals surface area contributed by atoms with Crippen molar-refractivity contribution >= 4 is 6.09 Å². The van der Waals surface area contributed by atoms with Crippen LogP contribution in [0.2, 0.25) is 0 Å². The molecule has 1 aliphatic rings. The van der Waals surface area contributed by atoms with Gasteiger partial charge in [0.2, 0.25) is 0 Å². The highest BCUT2D eigenvalue weighted by molar-refractivity contribution is 5.65. The molecule has 0 aliphatic heterocycles. The van der Waals surface area contributed by atoms with E-state index in [1.54, 1.807) is 7.11 Å². The third-order valence-corrected chi connectivity index (χ3v) is 6.65. The van der Waals surface area contributed by atoms with Crippen molar-refractivity contribution in [3.63, 3.8) is 0 Å². The maximum atomic E-state index is 11.0. The molecule has 5 heteroatoms. The van der Waals surface area contributed by atoms with Gasteiger partial charge < -0.3 is 19.9 Å². The molecular weight excluding hydrogens is 426 g/mol. The molecular formula is C29H33NO4. The Balaban J connectivity index is 1.61. The van der Waals surface area contributed by atoms with Crippen molar-refractivity contribution in [3.8, 4) is 11.5 Å². The Kier molecular flexibility index (Phi) is 7.73. The topological polar surface area (TPSA) is 67.8 Å². The number of carbonyl (C=O) groups is 1. The Morgan fingerprint density at radius 2 is 1.62 bits per heavy atom. The second kappa shape index (κ2) is 11.1. The van der Waals surface area contributed by atoms with Crippen molar-refractivity contribution in [1.82, 2.24) is 5.32 Å². The zero-order valence-electron chi connectivity index (χ0n) is 19.9. The molecule has 1 aliphatic carbocycles. The molecule has 3 aromatic carbocycles. The van der Waals surface area contributed by atoms with Crippen LogP contribution in [0.5, 0.6) is 11.5 Å². The van der Waals surface area contributed by atoms with E-state index in [2.05, 4.69) is 53.8 Å². The monoisotopic (exact) mass is 459 g/mol. The summed E-state index contributed by atoms with van der Waals surface area (Å²) in [6.45, 7) is 1.85. The summed E-state index contributed by atoms with van der Waals surface area (Å²) in [7, 11) is 1.69. The van der Waals surface area contributed by atoms with Crippen molar-refractivity contribution in [2.45, 2.75) is 57.1 Å². The molecule has 2 N–H and O–H groups in total. The van der Waals surface area contributed by atoms with Crippen molar-refractivity contribution in [1.29, 1.82) is 0 Å². The van der Waals surface area contributed by atoms with Crippen LogP contribution >= 0.6 is 0 Å². The van der Waals surface area contributed by atoms with Gasteiger partial charge in [-0.25, -0.2) is 4.79 Å². The summed E-state index contributed by atoms with van der Waals surface area (Å²) < 4.78 is 12.0. The first-order chi connectivity index (χ1) is 16.5. The lowest BCUT2D eigenvalue weighted by molar-refractivity contribution is 0.191. The van der Waals surface area contributed by atoms with Gasteiger partial charge in [0.25, 0.3) is 0 Å². The Morgan fingerprint density at radius 1 is 0.941 bits per heavy atom. The highest BCUT2D eigenvalue weighted by Gasteiger charge is 2.21. The van der Waals surface area contributed by atoms with E-state index in [1.807, 2.05) is 31.2 Å². The Bertz CT molecular complexity index is 1080. The Morgan fingerprint density at radius 3 is 2.26 bits per heavy atom. The summed E-state index contributed by atoms with van der Waals surface area (Å²) in [4.78, 5) is 11.0. The zero-order chi connectivity index (χ0) is 23.9. The summed E-state index contributed by atoms with van der Waals surface area (Å²) in [6, 6.07) is 24.7. The van der Waals surface area contributed by atoms with E-state index in [1.165, 1.54) is 29.5 Å². The number of rotatable bonds is 9. The lowest BCUT2D eigenvalue weighted by atomic mass is 9.85. The molecule has 0 heterocycles. The van der Waals surface area contributed by atoms with Crippen molar-refractivity contribution in [2.24, 2.45) is 0 Å². The molecule has 34 heavy (non-hydrogen) atoms. The first-order valence-corrected chi connectivity index (χ1v) is 12.0. The van der Waals surface area contributed by atoms with E-state index in [9.17, 15) is 4.79 Å². The summed E-state index contributed by atoms with van der Waals surface area (Å²) in [5.41, 5.74) is 4.56. The molecule has 0 saturated heterocycles. The van der Waals surface area contributed by atoms with Crippen LogP contribution in [-0.2, 0) is 6.42 Å². The van der Waals surface area contributed by atoms with Crippen LogP contribution in [0.3, 0.4) is 0 Å². The SMILES string of the molecule is COc1ccc(C(Cc2ccc(C(C)NC(=O)O)cc2)c2ccccc2)cc1OC1CCCC1. The summed E-state index contributed by atoms with van der Waals surface area (Å²) in [5.74, 6) is 1.74. The van der Waals surface area contributed by atoms with Gasteiger partial charge in [0, 0.05) is 5.92 Å². The number of amides is 1. The van der Waals surface area contributed by atoms with Gasteiger partial charge in [-0.2, -0.15) is 0 Å². The third kappa shape index (κ3) is 5.90. The third-order valence-electron chi connectivity index (χ3n) is 6.65. The lowest BCUT2D eigenvalue weighted by Crippen LogP contribution is -2.24. The predicted octanol–water partition coefficient (Wildman–Crippen LogP) is 6.72. The van der Waals surface area contributed by atoms with Gasteiger partial charge in [-0.3, -0.25) is 0 Å². The minimum atomic E-state index is -1.02. The Hall–Kier alpha value is -3.47. The highest BCUT2D eigenvalue weighted by Crippen LogP contribution is 2.37. The molecule has 0 bridgehead atoms. The molecule has 2 unspecified atom stereocenters. The quantitative estimate of drug-likeness (QED) is 0.373. The average Bonchev–Trinajstić information content (AvgIpc) is 3.36. The van der Waals surface area contributed by atoms with Crippen LogP contribution in [0.1, 0.15) is 66.8 Å². The Labute approximate surface area is 201 Å². The van der Waals surface area contributed by atoms with Gasteiger partial charge in [-0.15, -0.1) is 0 Å². The molecule has 178 valence electrons. The van der Waals surface area contributed by atoms with Crippen LogP contribution in [0.4, 0.5) is 4.79 Å². The van der Waals surface area contributed by atoms with E-state index >= 15 is 0 Å². The molecule has 1 saturated carbocycles. The van der Waals surface area contributed by atoms with Crippen LogP contribution < -0.4 is 14.8 Å². The van der Waals surface area contributed by atoms with E-state index in [-0.39, 0.29) is 18.1 Å². The molecule has 3 aromatic rings. The second-order valence-electron chi connectivity index (χ2n) is 9.01. The summed E-state index contributed by atoms with van der Waals surface area (Å²) in [6.07, 6.45) is 4.68. The van der Waals surface area contributed by atoms with E-state index < -0.39 is 6.09 Å². The molecule has 4 rings (SSSR count). The minimum absolute atomic E-state index is 0.151. The number of hydrogen-bond donors (Lipinski definition) is 2. The second-order valence-corrected chi connectivity index (χ2v) is 9.01. The standard InChI is InChI=1S/C29H33NO4/c1-20(30-29(31)32)22-14-12-21(13-15-22)18-26(23-8-4-3-5-9-23)24-16-17-27(33-2)28(19-24)34-25-10-6-7-11-25/h3-5,8-9,12-17,19-20,25-26,30H,6-7,10-11,18H2,1-2H3,(H,31,32). The molecule has 5 nitrogen and oxygen atoms in total. The largest absolute Gasteiger partial charge is 0.493 e. The van der Waals surface area contributed by atoms with Crippen molar-refractivity contribution in [2.75, 3.05) is 7.11 Å². The van der Waals surface area contributed by atoms with Crippen LogP contribution in [-0.4, -0.2) is 24.4 Å². The predicted molar refractivity (Wildman–Crippen MR) is 134 cm³/mol. The van der Waals surface area contributed by atoms with Crippen molar-refractivity contribution in [3.05, 3.63) is 95.1 Å². The number of benzene rings is 3. The normalized spacial score (nSPS) is 15.5. The van der Waals surface area contributed by atoms with Gasteiger partial charge >= 0.3 is 6.09 Å². The smallest absolute Gasteiger partial charge is 0.405 e. The number of ether oxygens (including phenoxy) is 2. The molecule has 1 fully saturated rings. The van der Waals surface area contributed by atoms with Gasteiger partial charge in [0.05, 0.1) is 19.3 Å². The fourth-order valence-electron chi connectivity index (χ4n) is 4.75. The summed E-state index contributed by atoms with van der Waals surface area (Å²) in [5, 5.41) is 11.5. The fraction of sp³-hybridized carbons (Fsp3) is 0.345. The molecule has 0 aromatic heterocycles. The van der Waals surface area contributed by atoms with E-state index in [4.69, 9.17) is 14.6 Å². The number of hydrogen-bond acceptors (Lipinski definition) is 3. The first-order valence-electron chi connectivity index (χ1n) is 12.0. The van der Waals surface area contributed by atoms with Crippen LogP contribution in [0, 0.1) is 0 Å². The van der Waals surface area contributed by atoms with Gasteiger partial charge in [-0.05, 0) is 73.4 Å². The van der Waals surface area contributed by atoms with Gasteiger partial charge in [-0.1, -0.05) is 60.7 Å². The number of nitrogens with one attached hydrogen (secondary N) is 1. The van der Waals surface area contributed by atoms with Crippen LogP contribution in [0.15, 0.2) is 72.8 Å². The van der Waals surface area contributed by atoms with Gasteiger partial charge in [0.15, 0.2) is 11.5 Å². The molecule has 2 atom stereocenters. The molecule has 1 amide bonds. The lowest BCUT2D eigenvalue weighted by Gasteiger charge is -2.22. The number of methoxy groups -OCH3 is 1. The summed E-state index contributed by atoms with van der Waals surface area (Å²) >= 11 is 0. The fourth-order valence-corrected chi connectivity index (χ4v) is 4.75. The van der Waals surface area contributed by atoms with Crippen molar-refractivity contribution < 1.29 is 19.4 Å². The minimum Gasteiger partial charge on any atom is -0.493 e. The number of carboxylic acid groups (broad SMARTS) is 1.